The van der Waals surface area contributed by atoms with Crippen LogP contribution in [0.15, 0.2) is 16.5 Å². The first kappa shape index (κ1) is 8.25. The van der Waals surface area contributed by atoms with Gasteiger partial charge in [-0.15, -0.1) is 0 Å². The van der Waals surface area contributed by atoms with E-state index in [1.165, 1.54) is 12.5 Å². The Balaban J connectivity index is 2.00. The van der Waals surface area contributed by atoms with E-state index in [4.69, 9.17) is 4.42 Å². The monoisotopic (exact) mass is 182 g/mol. The van der Waals surface area contributed by atoms with Crippen molar-refractivity contribution in [3.63, 3.8) is 0 Å². The summed E-state index contributed by atoms with van der Waals surface area (Å²) in [7, 11) is 0. The maximum Gasteiger partial charge on any atom is 0.433 e. The van der Waals surface area contributed by atoms with E-state index in [0.717, 1.165) is 13.1 Å². The molecule has 1 aromatic heterocycles. The van der Waals surface area contributed by atoms with Crippen LogP contribution in [0.2, 0.25) is 0 Å². The van der Waals surface area contributed by atoms with Gasteiger partial charge in [-0.25, -0.2) is 0 Å². The van der Waals surface area contributed by atoms with E-state index in [1.54, 1.807) is 6.07 Å². The Morgan fingerprint density at radius 1 is 1.54 bits per heavy atom. The molecule has 1 aliphatic rings. The molecule has 0 atom stereocenters. The lowest BCUT2D eigenvalue weighted by atomic mass is 10.2. The Bertz CT molecular complexity index is 317. The van der Waals surface area contributed by atoms with Gasteiger partial charge < -0.3 is 4.42 Å². The summed E-state index contributed by atoms with van der Waals surface area (Å²) in [4.78, 5) is 12.0. The summed E-state index contributed by atoms with van der Waals surface area (Å²) in [6.07, 6.45) is 1.21. The number of nitrogens with zero attached hydrogens (tertiary/aromatic N) is 2. The predicted molar refractivity (Wildman–Crippen MR) is 45.3 cm³/mol. The third kappa shape index (κ3) is 1.70. The standard InChI is InChI=1S/C8H10N2O3/c11-10(12)8-3-2-7(13-8)6-9-4-1-5-9/h2-3H,1,4-6H2. The van der Waals surface area contributed by atoms with Crippen LogP contribution in [0.4, 0.5) is 5.88 Å². The maximum atomic E-state index is 10.3. The minimum Gasteiger partial charge on any atom is -0.404 e. The molecule has 0 unspecified atom stereocenters. The molecule has 0 N–H and O–H groups in total. The van der Waals surface area contributed by atoms with Gasteiger partial charge in [0.25, 0.3) is 0 Å². The smallest absolute Gasteiger partial charge is 0.404 e. The van der Waals surface area contributed by atoms with Crippen LogP contribution in [-0.4, -0.2) is 22.9 Å². The normalized spacial score (nSPS) is 16.9. The summed E-state index contributed by atoms with van der Waals surface area (Å²) in [5, 5.41) is 10.3. The number of hydrogen-bond acceptors (Lipinski definition) is 4. The Morgan fingerprint density at radius 2 is 2.31 bits per heavy atom. The summed E-state index contributed by atoms with van der Waals surface area (Å²) < 4.78 is 5.01. The molecule has 1 aromatic rings. The second kappa shape index (κ2) is 3.18. The fourth-order valence-corrected chi connectivity index (χ4v) is 1.31. The van der Waals surface area contributed by atoms with E-state index < -0.39 is 4.92 Å². The van der Waals surface area contributed by atoms with E-state index in [1.807, 2.05) is 0 Å². The molecule has 2 heterocycles. The molecule has 0 aromatic carbocycles. The molecule has 1 aliphatic heterocycles. The highest BCUT2D eigenvalue weighted by Gasteiger charge is 2.18. The summed E-state index contributed by atoms with van der Waals surface area (Å²) in [6.45, 7) is 2.82. The van der Waals surface area contributed by atoms with E-state index in [9.17, 15) is 10.1 Å². The number of hydrogen-bond donors (Lipinski definition) is 0. The van der Waals surface area contributed by atoms with Crippen molar-refractivity contribution >= 4 is 5.88 Å². The lowest BCUT2D eigenvalue weighted by molar-refractivity contribution is -0.402. The third-order valence-corrected chi connectivity index (χ3v) is 2.16. The first-order valence-corrected chi connectivity index (χ1v) is 4.21. The Kier molecular flexibility index (Phi) is 2.02. The molecule has 1 saturated heterocycles. The third-order valence-electron chi connectivity index (χ3n) is 2.16. The highest BCUT2D eigenvalue weighted by molar-refractivity contribution is 5.17. The van der Waals surface area contributed by atoms with Gasteiger partial charge in [-0.1, -0.05) is 0 Å². The number of furan rings is 1. The minimum atomic E-state index is -0.514. The van der Waals surface area contributed by atoms with Gasteiger partial charge in [-0.3, -0.25) is 15.0 Å². The predicted octanol–water partition coefficient (Wildman–Crippen LogP) is 1.39. The zero-order valence-electron chi connectivity index (χ0n) is 7.10. The topological polar surface area (TPSA) is 59.5 Å². The lowest BCUT2D eigenvalue weighted by Gasteiger charge is -2.29. The SMILES string of the molecule is O=[N+]([O-])c1ccc(CN2CCC2)o1. The molecule has 0 radical (unpaired) electrons. The molecule has 0 saturated carbocycles. The van der Waals surface area contributed by atoms with Crippen molar-refractivity contribution in [2.24, 2.45) is 0 Å². The van der Waals surface area contributed by atoms with Gasteiger partial charge >= 0.3 is 5.88 Å². The van der Waals surface area contributed by atoms with Crippen LogP contribution >= 0.6 is 0 Å². The molecule has 13 heavy (non-hydrogen) atoms. The molecule has 0 spiro atoms. The van der Waals surface area contributed by atoms with Crippen LogP contribution in [0, 0.1) is 10.1 Å². The fraction of sp³-hybridized carbons (Fsp3) is 0.500. The van der Waals surface area contributed by atoms with E-state index >= 15 is 0 Å². The van der Waals surface area contributed by atoms with Crippen molar-refractivity contribution < 1.29 is 9.34 Å². The minimum absolute atomic E-state index is 0.171. The van der Waals surface area contributed by atoms with Gasteiger partial charge in [0.05, 0.1) is 12.6 Å². The molecular formula is C8H10N2O3. The first-order chi connectivity index (χ1) is 6.25. The Hall–Kier alpha value is -1.36. The highest BCUT2D eigenvalue weighted by atomic mass is 16.6. The van der Waals surface area contributed by atoms with Crippen LogP contribution in [0.3, 0.4) is 0 Å². The second-order valence-corrected chi connectivity index (χ2v) is 3.13. The largest absolute Gasteiger partial charge is 0.433 e. The van der Waals surface area contributed by atoms with Gasteiger partial charge in [0.1, 0.15) is 10.7 Å². The van der Waals surface area contributed by atoms with Crippen molar-refractivity contribution in [1.82, 2.24) is 4.90 Å². The van der Waals surface area contributed by atoms with Gasteiger partial charge in [0.2, 0.25) is 0 Å². The molecule has 70 valence electrons. The van der Waals surface area contributed by atoms with Gasteiger partial charge in [0, 0.05) is 0 Å². The average molecular weight is 182 g/mol. The molecule has 1 fully saturated rings. The molecule has 5 heteroatoms. The van der Waals surface area contributed by atoms with Crippen LogP contribution < -0.4 is 0 Å². The molecule has 5 nitrogen and oxygen atoms in total. The van der Waals surface area contributed by atoms with E-state index in [2.05, 4.69) is 4.90 Å². The van der Waals surface area contributed by atoms with Crippen LogP contribution in [-0.2, 0) is 6.54 Å². The summed E-state index contributed by atoms with van der Waals surface area (Å²) in [5.74, 6) is 0.502. The van der Waals surface area contributed by atoms with E-state index in [0.29, 0.717) is 12.3 Å². The summed E-state index contributed by atoms with van der Waals surface area (Å²) in [5.41, 5.74) is 0. The van der Waals surface area contributed by atoms with Crippen LogP contribution in [0.1, 0.15) is 12.2 Å². The van der Waals surface area contributed by atoms with Crippen LogP contribution in [0.5, 0.6) is 0 Å². The van der Waals surface area contributed by atoms with Crippen molar-refractivity contribution in [3.8, 4) is 0 Å². The lowest BCUT2D eigenvalue weighted by Crippen LogP contribution is -2.36. The van der Waals surface area contributed by atoms with Gasteiger partial charge in [0.15, 0.2) is 0 Å². The molecular weight excluding hydrogens is 172 g/mol. The second-order valence-electron chi connectivity index (χ2n) is 3.13. The quantitative estimate of drug-likeness (QED) is 0.523. The van der Waals surface area contributed by atoms with Crippen molar-refractivity contribution in [3.05, 3.63) is 28.0 Å². The van der Waals surface area contributed by atoms with Crippen molar-refractivity contribution in [2.45, 2.75) is 13.0 Å². The molecule has 2 rings (SSSR count). The first-order valence-electron chi connectivity index (χ1n) is 4.21. The number of rotatable bonds is 3. The van der Waals surface area contributed by atoms with Crippen LogP contribution in [0.25, 0.3) is 0 Å². The maximum absolute atomic E-state index is 10.3. The number of likely N-dealkylation sites (tertiary alicyclic amines) is 1. The van der Waals surface area contributed by atoms with Gasteiger partial charge in [-0.2, -0.15) is 0 Å². The Labute approximate surface area is 75.1 Å². The Morgan fingerprint density at radius 3 is 2.77 bits per heavy atom. The summed E-state index contributed by atoms with van der Waals surface area (Å²) in [6, 6.07) is 3.06. The highest BCUT2D eigenvalue weighted by Crippen LogP contribution is 2.19. The summed E-state index contributed by atoms with van der Waals surface area (Å²) >= 11 is 0. The zero-order valence-corrected chi connectivity index (χ0v) is 7.10. The average Bonchev–Trinajstić information content (AvgIpc) is 2.44. The van der Waals surface area contributed by atoms with Crippen molar-refractivity contribution in [1.29, 1.82) is 0 Å². The van der Waals surface area contributed by atoms with Crippen molar-refractivity contribution in [2.75, 3.05) is 13.1 Å². The molecule has 0 bridgehead atoms. The molecule has 0 aliphatic carbocycles. The van der Waals surface area contributed by atoms with Gasteiger partial charge in [-0.05, 0) is 25.6 Å². The number of nitro groups is 1. The molecule has 0 amide bonds. The van der Waals surface area contributed by atoms with E-state index in [-0.39, 0.29) is 5.88 Å². The fourth-order valence-electron chi connectivity index (χ4n) is 1.31. The zero-order chi connectivity index (χ0) is 9.26.